The lowest BCUT2D eigenvalue weighted by molar-refractivity contribution is 0.0209. The number of rotatable bonds is 4. The molecule has 2 aliphatic heterocycles. The minimum atomic E-state index is -0.809. The van der Waals surface area contributed by atoms with E-state index in [1.54, 1.807) is 11.6 Å². The lowest BCUT2D eigenvalue weighted by Crippen LogP contribution is -2.57. The molecule has 0 saturated carbocycles. The number of pyridine rings is 1. The van der Waals surface area contributed by atoms with Crippen LogP contribution in [0, 0.1) is 17.1 Å². The SMILES string of the molecule is CC(c1ccc2c(c1)OC(C)(C)CO2)N1C[C@H](C)N(c2c(F)c(=O)n(C)c3c2nc(CC#N)n3C)C[C@H]1C. The van der Waals surface area contributed by atoms with Crippen LogP contribution in [0.2, 0.25) is 0 Å². The summed E-state index contributed by atoms with van der Waals surface area (Å²) in [6.45, 7) is 12.0. The highest BCUT2D eigenvalue weighted by molar-refractivity contribution is 5.87. The summed E-state index contributed by atoms with van der Waals surface area (Å²) >= 11 is 0. The second-order valence-corrected chi connectivity index (χ2v) is 11.2. The molecule has 202 valence electrons. The van der Waals surface area contributed by atoms with Crippen LogP contribution in [0.5, 0.6) is 11.5 Å². The number of nitriles is 1. The Morgan fingerprint density at radius 3 is 2.63 bits per heavy atom. The van der Waals surface area contributed by atoms with Crippen molar-refractivity contribution in [2.24, 2.45) is 14.1 Å². The fraction of sp³-hybridized carbons (Fsp3) is 0.536. The first kappa shape index (κ1) is 26.0. The molecule has 4 heterocycles. The van der Waals surface area contributed by atoms with Gasteiger partial charge in [-0.1, -0.05) is 6.07 Å². The number of piperazine rings is 1. The Morgan fingerprint density at radius 2 is 1.92 bits per heavy atom. The van der Waals surface area contributed by atoms with Gasteiger partial charge in [0.1, 0.15) is 34.9 Å². The van der Waals surface area contributed by atoms with Crippen molar-refractivity contribution in [3.8, 4) is 17.6 Å². The zero-order valence-corrected chi connectivity index (χ0v) is 23.1. The molecule has 1 aromatic carbocycles. The number of hydrogen-bond acceptors (Lipinski definition) is 7. The molecule has 5 rings (SSSR count). The summed E-state index contributed by atoms with van der Waals surface area (Å²) < 4.78 is 30.6. The summed E-state index contributed by atoms with van der Waals surface area (Å²) in [4.78, 5) is 21.9. The second-order valence-electron chi connectivity index (χ2n) is 11.2. The Morgan fingerprint density at radius 1 is 1.18 bits per heavy atom. The third kappa shape index (κ3) is 4.19. The van der Waals surface area contributed by atoms with Gasteiger partial charge in [-0.2, -0.15) is 9.65 Å². The molecule has 2 aromatic heterocycles. The van der Waals surface area contributed by atoms with Crippen molar-refractivity contribution in [2.75, 3.05) is 24.6 Å². The minimum absolute atomic E-state index is 0.0617. The van der Waals surface area contributed by atoms with Gasteiger partial charge in [0.15, 0.2) is 11.5 Å². The fourth-order valence-corrected chi connectivity index (χ4v) is 5.78. The Bertz CT molecular complexity index is 1500. The van der Waals surface area contributed by atoms with Crippen LogP contribution >= 0.6 is 0 Å². The van der Waals surface area contributed by atoms with Crippen LogP contribution < -0.4 is 19.9 Å². The monoisotopic (exact) mass is 522 g/mol. The van der Waals surface area contributed by atoms with Crippen LogP contribution in [0.3, 0.4) is 0 Å². The number of nitrogens with zero attached hydrogens (tertiary/aromatic N) is 6. The van der Waals surface area contributed by atoms with Gasteiger partial charge in [0.2, 0.25) is 5.82 Å². The van der Waals surface area contributed by atoms with Crippen LogP contribution in [-0.2, 0) is 20.5 Å². The molecular formula is C28H35FN6O3. The Balaban J connectivity index is 1.47. The van der Waals surface area contributed by atoms with E-state index in [1.165, 1.54) is 11.6 Å². The molecule has 10 heteroatoms. The summed E-state index contributed by atoms with van der Waals surface area (Å²) in [5.74, 6) is 1.19. The molecule has 0 aliphatic carbocycles. The van der Waals surface area contributed by atoms with Gasteiger partial charge in [-0.3, -0.25) is 14.3 Å². The molecule has 3 atom stereocenters. The number of ether oxygens (including phenoxy) is 2. The second kappa shape index (κ2) is 9.31. The summed E-state index contributed by atoms with van der Waals surface area (Å²) in [7, 11) is 3.29. The highest BCUT2D eigenvalue weighted by Gasteiger charge is 2.37. The lowest BCUT2D eigenvalue weighted by atomic mass is 9.99. The van der Waals surface area contributed by atoms with Gasteiger partial charge in [0.25, 0.3) is 5.56 Å². The Labute approximate surface area is 222 Å². The lowest BCUT2D eigenvalue weighted by Gasteiger charge is -2.47. The van der Waals surface area contributed by atoms with Gasteiger partial charge in [0, 0.05) is 45.3 Å². The Hall–Kier alpha value is -3.58. The number of benzene rings is 1. The third-order valence-electron chi connectivity index (χ3n) is 7.87. The van der Waals surface area contributed by atoms with Gasteiger partial charge in [-0.25, -0.2) is 4.98 Å². The third-order valence-corrected chi connectivity index (χ3v) is 7.87. The summed E-state index contributed by atoms with van der Waals surface area (Å²) in [5.41, 5.74) is 1.16. The van der Waals surface area contributed by atoms with Crippen molar-refractivity contribution in [3.05, 3.63) is 45.8 Å². The van der Waals surface area contributed by atoms with Gasteiger partial charge in [-0.05, 0) is 52.3 Å². The van der Waals surface area contributed by atoms with Crippen molar-refractivity contribution < 1.29 is 13.9 Å². The number of hydrogen-bond donors (Lipinski definition) is 0. The topological polar surface area (TPSA) is 88.6 Å². The van der Waals surface area contributed by atoms with Crippen LogP contribution in [0.15, 0.2) is 23.0 Å². The molecule has 3 aromatic rings. The van der Waals surface area contributed by atoms with Crippen molar-refractivity contribution in [3.63, 3.8) is 0 Å². The molecule has 1 unspecified atom stereocenters. The van der Waals surface area contributed by atoms with Crippen molar-refractivity contribution in [1.82, 2.24) is 19.0 Å². The molecule has 0 amide bonds. The molecule has 0 spiro atoms. The van der Waals surface area contributed by atoms with E-state index >= 15 is 4.39 Å². The van der Waals surface area contributed by atoms with E-state index < -0.39 is 11.4 Å². The number of aromatic nitrogens is 3. The maximum Gasteiger partial charge on any atom is 0.290 e. The smallest absolute Gasteiger partial charge is 0.290 e. The highest BCUT2D eigenvalue weighted by atomic mass is 19.1. The van der Waals surface area contributed by atoms with E-state index in [-0.39, 0.29) is 35.8 Å². The Kier molecular flexibility index (Phi) is 6.38. The first-order chi connectivity index (χ1) is 17.9. The molecule has 1 fully saturated rings. The van der Waals surface area contributed by atoms with Crippen LogP contribution in [0.4, 0.5) is 10.1 Å². The molecule has 1 saturated heterocycles. The van der Waals surface area contributed by atoms with E-state index in [1.807, 2.05) is 31.7 Å². The highest BCUT2D eigenvalue weighted by Crippen LogP contribution is 2.39. The molecule has 0 N–H and O–H groups in total. The predicted octanol–water partition coefficient (Wildman–Crippen LogP) is 3.69. The van der Waals surface area contributed by atoms with Crippen molar-refractivity contribution in [2.45, 2.75) is 64.8 Å². The number of halogens is 1. The summed E-state index contributed by atoms with van der Waals surface area (Å²) in [6.07, 6.45) is 0.0738. The molecule has 38 heavy (non-hydrogen) atoms. The number of anilines is 1. The zero-order chi connectivity index (χ0) is 27.5. The average molecular weight is 523 g/mol. The quantitative estimate of drug-likeness (QED) is 0.516. The van der Waals surface area contributed by atoms with Crippen LogP contribution in [-0.4, -0.2) is 56.4 Å². The van der Waals surface area contributed by atoms with Gasteiger partial charge in [0.05, 0.1) is 12.5 Å². The van der Waals surface area contributed by atoms with Crippen molar-refractivity contribution >= 4 is 16.9 Å². The van der Waals surface area contributed by atoms with E-state index in [0.29, 0.717) is 36.7 Å². The molecule has 0 radical (unpaired) electrons. The number of fused-ring (bicyclic) bond motifs is 2. The summed E-state index contributed by atoms with van der Waals surface area (Å²) in [6, 6.07) is 8.26. The molecule has 9 nitrogen and oxygen atoms in total. The molecular weight excluding hydrogens is 487 g/mol. The summed E-state index contributed by atoms with van der Waals surface area (Å²) in [5, 5.41) is 9.23. The predicted molar refractivity (Wildman–Crippen MR) is 143 cm³/mol. The van der Waals surface area contributed by atoms with Gasteiger partial charge in [-0.15, -0.1) is 0 Å². The molecule has 0 bridgehead atoms. The van der Waals surface area contributed by atoms with Crippen molar-refractivity contribution in [1.29, 1.82) is 5.26 Å². The van der Waals surface area contributed by atoms with Gasteiger partial charge >= 0.3 is 0 Å². The van der Waals surface area contributed by atoms with Gasteiger partial charge < -0.3 is 18.9 Å². The maximum atomic E-state index is 15.6. The fourth-order valence-electron chi connectivity index (χ4n) is 5.78. The molecule has 2 aliphatic rings. The van der Waals surface area contributed by atoms with Crippen LogP contribution in [0.25, 0.3) is 11.2 Å². The zero-order valence-electron chi connectivity index (χ0n) is 23.1. The van der Waals surface area contributed by atoms with E-state index in [0.717, 1.165) is 17.1 Å². The van der Waals surface area contributed by atoms with E-state index in [4.69, 9.17) is 9.47 Å². The minimum Gasteiger partial charge on any atom is -0.486 e. The normalized spacial score (nSPS) is 21.9. The number of imidazole rings is 1. The number of aryl methyl sites for hydroxylation is 2. The standard InChI is InChI=1S/C28H35FN6O3/c1-16-14-35(25-23(29)27(36)33(7)26-24(25)31-22(10-11-30)32(26)6)17(2)13-34(16)18(3)19-8-9-20-21(12-19)38-28(4,5)15-37-20/h8-9,12,16-18H,10,13-15H2,1-7H3/t16-,17+,18?/m1/s1. The van der Waals surface area contributed by atoms with E-state index in [9.17, 15) is 10.1 Å². The van der Waals surface area contributed by atoms with Crippen LogP contribution in [0.1, 0.15) is 52.0 Å². The first-order valence-electron chi connectivity index (χ1n) is 13.0. The largest absolute Gasteiger partial charge is 0.486 e. The average Bonchev–Trinajstić information content (AvgIpc) is 3.18. The van der Waals surface area contributed by atoms with E-state index in [2.05, 4.69) is 41.9 Å². The first-order valence-corrected chi connectivity index (χ1v) is 13.0. The maximum absolute atomic E-state index is 15.6.